The summed E-state index contributed by atoms with van der Waals surface area (Å²) in [4.78, 5) is 21.9. The molecule has 0 N–H and O–H groups in total. The van der Waals surface area contributed by atoms with Gasteiger partial charge in [-0.1, -0.05) is 47.5 Å². The Balaban J connectivity index is 1.33. The molecule has 2 aromatic heterocycles. The standard InChI is InChI=1S/C31H31Cl2N5O2/c32-24-8-5-22(6-9-24)25-20-23(7-10-27(25)33)30-26-21-37(31(39)28-4-1-2-12-34-28)15-11-29(26)38(35-30)14-3-13-36-16-18-40-19-17-36/h1-2,4-10,12,20H,3,11,13-19,21H2. The van der Waals surface area contributed by atoms with Crippen LogP contribution in [-0.4, -0.2) is 69.9 Å². The van der Waals surface area contributed by atoms with Crippen molar-refractivity contribution in [1.29, 1.82) is 0 Å². The molecule has 4 aromatic rings. The zero-order valence-electron chi connectivity index (χ0n) is 22.2. The number of carbonyl (C=O) groups is 1. The number of hydrogen-bond acceptors (Lipinski definition) is 5. The molecule has 2 aliphatic rings. The molecule has 0 unspecified atom stereocenters. The van der Waals surface area contributed by atoms with E-state index in [4.69, 9.17) is 33.0 Å². The Morgan fingerprint density at radius 1 is 0.925 bits per heavy atom. The molecule has 4 heterocycles. The molecule has 0 saturated carbocycles. The molecule has 7 nitrogen and oxygen atoms in total. The summed E-state index contributed by atoms with van der Waals surface area (Å²) in [6, 6.07) is 19.1. The molecular formula is C31H31Cl2N5O2. The number of hydrogen-bond donors (Lipinski definition) is 0. The first kappa shape index (κ1) is 27.0. The molecule has 40 heavy (non-hydrogen) atoms. The summed E-state index contributed by atoms with van der Waals surface area (Å²) in [5.74, 6) is -0.0600. The van der Waals surface area contributed by atoms with Crippen molar-refractivity contribution in [2.45, 2.75) is 25.9 Å². The molecular weight excluding hydrogens is 545 g/mol. The van der Waals surface area contributed by atoms with Gasteiger partial charge in [-0.3, -0.25) is 19.4 Å². The van der Waals surface area contributed by atoms with Gasteiger partial charge < -0.3 is 9.64 Å². The van der Waals surface area contributed by atoms with E-state index in [-0.39, 0.29) is 5.91 Å². The highest BCUT2D eigenvalue weighted by Crippen LogP contribution is 2.36. The summed E-state index contributed by atoms with van der Waals surface area (Å²) in [7, 11) is 0. The number of morpholine rings is 1. The Morgan fingerprint density at radius 3 is 2.50 bits per heavy atom. The summed E-state index contributed by atoms with van der Waals surface area (Å²) in [6.07, 6.45) is 3.41. The van der Waals surface area contributed by atoms with Crippen molar-refractivity contribution in [1.82, 2.24) is 24.6 Å². The smallest absolute Gasteiger partial charge is 0.272 e. The molecule has 0 spiro atoms. The minimum Gasteiger partial charge on any atom is -0.379 e. The van der Waals surface area contributed by atoms with Crippen molar-refractivity contribution in [3.8, 4) is 22.4 Å². The van der Waals surface area contributed by atoms with Crippen LogP contribution in [0.15, 0.2) is 66.9 Å². The quantitative estimate of drug-likeness (QED) is 0.277. The Kier molecular flexibility index (Phi) is 8.16. The van der Waals surface area contributed by atoms with Gasteiger partial charge in [0.2, 0.25) is 0 Å². The Bertz CT molecular complexity index is 1480. The predicted molar refractivity (Wildman–Crippen MR) is 158 cm³/mol. The average molecular weight is 577 g/mol. The highest BCUT2D eigenvalue weighted by Gasteiger charge is 2.29. The van der Waals surface area contributed by atoms with Crippen LogP contribution in [0.25, 0.3) is 22.4 Å². The van der Waals surface area contributed by atoms with E-state index in [1.54, 1.807) is 12.3 Å². The second-order valence-corrected chi connectivity index (χ2v) is 11.0. The monoisotopic (exact) mass is 575 g/mol. The zero-order chi connectivity index (χ0) is 27.5. The van der Waals surface area contributed by atoms with Gasteiger partial charge in [0.1, 0.15) is 5.69 Å². The normalized spacial score (nSPS) is 15.7. The minimum absolute atomic E-state index is 0.0600. The SMILES string of the molecule is O=C(c1ccccn1)N1CCc2c(c(-c3ccc(Cl)c(-c4ccc(Cl)cc4)c3)nn2CCCN2CCOCC2)C1. The van der Waals surface area contributed by atoms with E-state index >= 15 is 0 Å². The van der Waals surface area contributed by atoms with Crippen LogP contribution in [0.5, 0.6) is 0 Å². The topological polar surface area (TPSA) is 63.5 Å². The van der Waals surface area contributed by atoms with Gasteiger partial charge >= 0.3 is 0 Å². The number of pyridine rings is 1. The molecule has 0 atom stereocenters. The molecule has 0 bridgehead atoms. The summed E-state index contributed by atoms with van der Waals surface area (Å²) in [5.41, 5.74) is 6.53. The van der Waals surface area contributed by atoms with E-state index in [1.807, 2.05) is 53.4 Å². The van der Waals surface area contributed by atoms with Crippen LogP contribution in [0.1, 0.15) is 28.2 Å². The third kappa shape index (κ3) is 5.79. The number of aryl methyl sites for hydroxylation is 1. The van der Waals surface area contributed by atoms with Gasteiger partial charge in [-0.15, -0.1) is 0 Å². The maximum absolute atomic E-state index is 13.3. The number of nitrogens with zero attached hydrogens (tertiary/aromatic N) is 5. The molecule has 6 rings (SSSR count). The Morgan fingerprint density at radius 2 is 1.73 bits per heavy atom. The molecule has 2 aromatic carbocycles. The number of rotatable bonds is 7. The number of halogens is 2. The number of carbonyl (C=O) groups excluding carboxylic acids is 1. The van der Waals surface area contributed by atoms with E-state index in [0.29, 0.717) is 28.8 Å². The van der Waals surface area contributed by atoms with Crippen LogP contribution < -0.4 is 0 Å². The lowest BCUT2D eigenvalue weighted by atomic mass is 9.97. The summed E-state index contributed by atoms with van der Waals surface area (Å²) in [6.45, 7) is 6.51. The number of benzene rings is 2. The van der Waals surface area contributed by atoms with Gasteiger partial charge in [0.25, 0.3) is 5.91 Å². The van der Waals surface area contributed by atoms with E-state index in [0.717, 1.165) is 80.2 Å². The van der Waals surface area contributed by atoms with Gasteiger partial charge in [-0.2, -0.15) is 5.10 Å². The molecule has 1 saturated heterocycles. The Hall–Kier alpha value is -3.23. The first-order valence-electron chi connectivity index (χ1n) is 13.7. The summed E-state index contributed by atoms with van der Waals surface area (Å²) < 4.78 is 7.65. The van der Waals surface area contributed by atoms with Crippen molar-refractivity contribution in [2.24, 2.45) is 0 Å². The number of ether oxygens (including phenoxy) is 1. The number of aromatic nitrogens is 3. The van der Waals surface area contributed by atoms with Crippen LogP contribution in [0, 0.1) is 0 Å². The third-order valence-corrected chi connectivity index (χ3v) is 8.23. The largest absolute Gasteiger partial charge is 0.379 e. The van der Waals surface area contributed by atoms with Gasteiger partial charge in [0, 0.05) is 77.8 Å². The van der Waals surface area contributed by atoms with Gasteiger partial charge in [0.15, 0.2) is 0 Å². The van der Waals surface area contributed by atoms with E-state index in [9.17, 15) is 4.79 Å². The van der Waals surface area contributed by atoms with E-state index in [1.165, 1.54) is 5.69 Å². The van der Waals surface area contributed by atoms with Crippen LogP contribution >= 0.6 is 23.2 Å². The highest BCUT2D eigenvalue weighted by molar-refractivity contribution is 6.33. The first-order valence-corrected chi connectivity index (χ1v) is 14.5. The van der Waals surface area contributed by atoms with E-state index < -0.39 is 0 Å². The van der Waals surface area contributed by atoms with E-state index in [2.05, 4.69) is 20.6 Å². The maximum Gasteiger partial charge on any atom is 0.272 e. The predicted octanol–water partition coefficient (Wildman–Crippen LogP) is 5.84. The molecule has 206 valence electrons. The molecule has 9 heteroatoms. The highest BCUT2D eigenvalue weighted by atomic mass is 35.5. The molecule has 0 aliphatic carbocycles. The number of fused-ring (bicyclic) bond motifs is 1. The van der Waals surface area contributed by atoms with Crippen LogP contribution in [0.3, 0.4) is 0 Å². The summed E-state index contributed by atoms with van der Waals surface area (Å²) in [5, 5.41) is 6.49. The first-order chi connectivity index (χ1) is 19.6. The van der Waals surface area contributed by atoms with Crippen molar-refractivity contribution < 1.29 is 9.53 Å². The Labute approximate surface area is 244 Å². The van der Waals surface area contributed by atoms with Crippen LogP contribution in [0.2, 0.25) is 10.0 Å². The van der Waals surface area contributed by atoms with Gasteiger partial charge in [-0.05, 0) is 48.4 Å². The average Bonchev–Trinajstić information content (AvgIpc) is 3.36. The minimum atomic E-state index is -0.0600. The fraction of sp³-hybridized carbons (Fsp3) is 0.323. The lowest BCUT2D eigenvalue weighted by Crippen LogP contribution is -2.37. The fourth-order valence-corrected chi connectivity index (χ4v) is 5.88. The molecule has 2 aliphatic heterocycles. The second-order valence-electron chi connectivity index (χ2n) is 10.2. The van der Waals surface area contributed by atoms with Gasteiger partial charge in [-0.25, -0.2) is 0 Å². The van der Waals surface area contributed by atoms with Crippen molar-refractivity contribution in [3.05, 3.63) is 93.9 Å². The summed E-state index contributed by atoms with van der Waals surface area (Å²) >= 11 is 12.8. The van der Waals surface area contributed by atoms with Gasteiger partial charge in [0.05, 0.1) is 25.5 Å². The maximum atomic E-state index is 13.3. The molecule has 0 radical (unpaired) electrons. The molecule has 1 amide bonds. The van der Waals surface area contributed by atoms with Crippen molar-refractivity contribution >= 4 is 29.1 Å². The van der Waals surface area contributed by atoms with Crippen LogP contribution in [0.4, 0.5) is 0 Å². The zero-order valence-corrected chi connectivity index (χ0v) is 23.7. The molecule has 1 fully saturated rings. The number of amides is 1. The third-order valence-electron chi connectivity index (χ3n) is 7.65. The van der Waals surface area contributed by atoms with Crippen molar-refractivity contribution in [2.75, 3.05) is 39.4 Å². The lowest BCUT2D eigenvalue weighted by molar-refractivity contribution is 0.0368. The van der Waals surface area contributed by atoms with Crippen molar-refractivity contribution in [3.63, 3.8) is 0 Å². The fourth-order valence-electron chi connectivity index (χ4n) is 5.52. The second kappa shape index (κ2) is 12.1. The van der Waals surface area contributed by atoms with Crippen LogP contribution in [-0.2, 0) is 24.2 Å². The lowest BCUT2D eigenvalue weighted by Gasteiger charge is -2.28.